The van der Waals surface area contributed by atoms with Crippen LogP contribution in [-0.4, -0.2) is 19.1 Å². The van der Waals surface area contributed by atoms with Gasteiger partial charge in [0, 0.05) is 10.7 Å². The average molecular weight is 419 g/mol. The van der Waals surface area contributed by atoms with E-state index < -0.39 is 5.91 Å². The summed E-state index contributed by atoms with van der Waals surface area (Å²) < 4.78 is 11.0. The largest absolute Gasteiger partial charge is 0.493 e. The number of nitrogens with zero attached hydrogens (tertiary/aromatic N) is 1. The number of hydrogen-bond acceptors (Lipinski definition) is 4. The van der Waals surface area contributed by atoms with E-state index >= 15 is 0 Å². The third kappa shape index (κ3) is 5.41. The van der Waals surface area contributed by atoms with Gasteiger partial charge >= 0.3 is 0 Å². The van der Waals surface area contributed by atoms with Gasteiger partial charge in [0.2, 0.25) is 0 Å². The Kier molecular flexibility index (Phi) is 7.33. The second-order valence-corrected chi connectivity index (χ2v) is 7.10. The molecule has 0 aromatic heterocycles. The van der Waals surface area contributed by atoms with Crippen LogP contribution >= 0.6 is 23.2 Å². The van der Waals surface area contributed by atoms with E-state index in [0.29, 0.717) is 32.8 Å². The third-order valence-electron chi connectivity index (χ3n) is 3.71. The van der Waals surface area contributed by atoms with Gasteiger partial charge in [0.25, 0.3) is 5.91 Å². The first-order valence-corrected chi connectivity index (χ1v) is 9.24. The maximum atomic E-state index is 12.5. The number of halogens is 2. The van der Waals surface area contributed by atoms with E-state index in [-0.39, 0.29) is 11.7 Å². The van der Waals surface area contributed by atoms with E-state index in [0.717, 1.165) is 5.56 Å². The van der Waals surface area contributed by atoms with Gasteiger partial charge in [-0.15, -0.1) is 0 Å². The molecule has 0 aliphatic heterocycles. The number of rotatable bonds is 6. The minimum Gasteiger partial charge on any atom is -0.493 e. The highest BCUT2D eigenvalue weighted by molar-refractivity contribution is 6.32. The molecule has 0 bridgehead atoms. The van der Waals surface area contributed by atoms with E-state index in [4.69, 9.17) is 32.7 Å². The van der Waals surface area contributed by atoms with Crippen molar-refractivity contribution in [3.05, 3.63) is 57.1 Å². The van der Waals surface area contributed by atoms with Crippen LogP contribution in [0.2, 0.25) is 10.0 Å². The number of nitriles is 1. The summed E-state index contributed by atoms with van der Waals surface area (Å²) in [4.78, 5) is 12.5. The summed E-state index contributed by atoms with van der Waals surface area (Å²) >= 11 is 12.4. The summed E-state index contributed by atoms with van der Waals surface area (Å²) in [5.74, 6) is 0.268. The Labute approximate surface area is 174 Å². The molecular weight excluding hydrogens is 399 g/mol. The van der Waals surface area contributed by atoms with Crippen molar-refractivity contribution in [3.63, 3.8) is 0 Å². The standard InChI is InChI=1S/C21H20Cl2N2O3/c1-12(2)28-20-18(23)8-14(9-19(20)27-4)7-15(11-24)21(26)25-16-6-5-13(3)17(22)10-16/h5-10,12H,1-4H3,(H,25,26)/b15-7+. The van der Waals surface area contributed by atoms with E-state index in [1.54, 1.807) is 30.3 Å². The second-order valence-electron chi connectivity index (χ2n) is 6.29. The molecule has 0 atom stereocenters. The highest BCUT2D eigenvalue weighted by Gasteiger charge is 2.15. The van der Waals surface area contributed by atoms with Gasteiger partial charge in [-0.2, -0.15) is 5.26 Å². The molecule has 0 unspecified atom stereocenters. The van der Waals surface area contributed by atoms with Gasteiger partial charge in [0.15, 0.2) is 11.5 Å². The van der Waals surface area contributed by atoms with Crippen LogP contribution in [-0.2, 0) is 4.79 Å². The van der Waals surface area contributed by atoms with Gasteiger partial charge < -0.3 is 14.8 Å². The summed E-state index contributed by atoms with van der Waals surface area (Å²) in [6, 6.07) is 10.3. The Bertz CT molecular complexity index is 963. The SMILES string of the molecule is COc1cc(/C=C(\C#N)C(=O)Nc2ccc(C)c(Cl)c2)cc(Cl)c1OC(C)C. The lowest BCUT2D eigenvalue weighted by atomic mass is 10.1. The molecule has 2 aromatic rings. The predicted molar refractivity (Wildman–Crippen MR) is 112 cm³/mol. The van der Waals surface area contributed by atoms with Crippen LogP contribution < -0.4 is 14.8 Å². The van der Waals surface area contributed by atoms with Crippen molar-refractivity contribution in [2.75, 3.05) is 12.4 Å². The maximum absolute atomic E-state index is 12.5. The lowest BCUT2D eigenvalue weighted by Gasteiger charge is -2.15. The number of carbonyl (C=O) groups is 1. The molecular formula is C21H20Cl2N2O3. The summed E-state index contributed by atoms with van der Waals surface area (Å²) in [6.07, 6.45) is 1.34. The number of amides is 1. The summed E-state index contributed by atoms with van der Waals surface area (Å²) in [5.41, 5.74) is 1.83. The molecule has 0 heterocycles. The molecule has 1 N–H and O–H groups in total. The fraction of sp³-hybridized carbons (Fsp3) is 0.238. The molecule has 146 valence electrons. The number of benzene rings is 2. The number of methoxy groups -OCH3 is 1. The number of ether oxygens (including phenoxy) is 2. The smallest absolute Gasteiger partial charge is 0.266 e. The van der Waals surface area contributed by atoms with Gasteiger partial charge in [-0.25, -0.2) is 0 Å². The fourth-order valence-corrected chi connectivity index (χ4v) is 2.80. The zero-order valence-electron chi connectivity index (χ0n) is 16.0. The van der Waals surface area contributed by atoms with Crippen molar-refractivity contribution < 1.29 is 14.3 Å². The predicted octanol–water partition coefficient (Wildman–Crippen LogP) is 5.64. The molecule has 0 saturated heterocycles. The van der Waals surface area contributed by atoms with Gasteiger partial charge in [-0.3, -0.25) is 4.79 Å². The molecule has 0 aliphatic carbocycles. The van der Waals surface area contributed by atoms with Crippen molar-refractivity contribution in [1.29, 1.82) is 5.26 Å². The second kappa shape index (κ2) is 9.50. The Balaban J connectivity index is 2.32. The number of anilines is 1. The Morgan fingerprint density at radius 3 is 2.50 bits per heavy atom. The first-order chi connectivity index (χ1) is 13.2. The van der Waals surface area contributed by atoms with Crippen molar-refractivity contribution in [1.82, 2.24) is 0 Å². The number of carbonyl (C=O) groups excluding carboxylic acids is 1. The van der Waals surface area contributed by atoms with Crippen molar-refractivity contribution in [2.45, 2.75) is 26.9 Å². The first-order valence-electron chi connectivity index (χ1n) is 8.48. The zero-order chi connectivity index (χ0) is 20.8. The molecule has 7 heteroatoms. The topological polar surface area (TPSA) is 71.3 Å². The monoisotopic (exact) mass is 418 g/mol. The Morgan fingerprint density at radius 2 is 1.93 bits per heavy atom. The molecule has 2 rings (SSSR count). The number of aryl methyl sites for hydroxylation is 1. The van der Waals surface area contributed by atoms with Crippen LogP contribution in [0, 0.1) is 18.3 Å². The quantitative estimate of drug-likeness (QED) is 0.486. The maximum Gasteiger partial charge on any atom is 0.266 e. The Morgan fingerprint density at radius 1 is 1.21 bits per heavy atom. The molecule has 28 heavy (non-hydrogen) atoms. The van der Waals surface area contributed by atoms with Gasteiger partial charge in [-0.05, 0) is 62.2 Å². The molecule has 1 amide bonds. The van der Waals surface area contributed by atoms with Gasteiger partial charge in [0.05, 0.1) is 18.2 Å². The Hall–Kier alpha value is -2.68. The summed E-state index contributed by atoms with van der Waals surface area (Å²) in [5, 5.41) is 12.9. The number of nitrogens with one attached hydrogen (secondary N) is 1. The van der Waals surface area contributed by atoms with Crippen LogP contribution in [0.15, 0.2) is 35.9 Å². The molecule has 0 spiro atoms. The van der Waals surface area contributed by atoms with Crippen LogP contribution in [0.1, 0.15) is 25.0 Å². The highest BCUT2D eigenvalue weighted by Crippen LogP contribution is 2.37. The van der Waals surface area contributed by atoms with Crippen LogP contribution in [0.4, 0.5) is 5.69 Å². The molecule has 2 aromatic carbocycles. The van der Waals surface area contributed by atoms with E-state index in [9.17, 15) is 10.1 Å². The van der Waals surface area contributed by atoms with Gasteiger partial charge in [0.1, 0.15) is 11.6 Å². The van der Waals surface area contributed by atoms with E-state index in [1.165, 1.54) is 13.2 Å². The van der Waals surface area contributed by atoms with Crippen molar-refractivity contribution >= 4 is 40.9 Å². The molecule has 5 nitrogen and oxygen atoms in total. The van der Waals surface area contributed by atoms with E-state index in [2.05, 4.69) is 5.32 Å². The fourth-order valence-electron chi connectivity index (χ4n) is 2.36. The normalized spacial score (nSPS) is 11.1. The summed E-state index contributed by atoms with van der Waals surface area (Å²) in [7, 11) is 1.49. The first kappa shape index (κ1) is 21.6. The zero-order valence-corrected chi connectivity index (χ0v) is 17.5. The third-order valence-corrected chi connectivity index (χ3v) is 4.40. The summed E-state index contributed by atoms with van der Waals surface area (Å²) in [6.45, 7) is 5.61. The highest BCUT2D eigenvalue weighted by atomic mass is 35.5. The molecule has 0 saturated carbocycles. The van der Waals surface area contributed by atoms with E-state index in [1.807, 2.05) is 26.8 Å². The molecule has 0 aliphatic rings. The van der Waals surface area contributed by atoms with Crippen molar-refractivity contribution in [3.8, 4) is 17.6 Å². The average Bonchev–Trinajstić information content (AvgIpc) is 2.64. The lowest BCUT2D eigenvalue weighted by molar-refractivity contribution is -0.112. The minimum absolute atomic E-state index is 0.0884. The van der Waals surface area contributed by atoms with Crippen molar-refractivity contribution in [2.24, 2.45) is 0 Å². The van der Waals surface area contributed by atoms with Gasteiger partial charge in [-0.1, -0.05) is 29.3 Å². The molecule has 0 fully saturated rings. The van der Waals surface area contributed by atoms with Crippen LogP contribution in [0.25, 0.3) is 6.08 Å². The van der Waals surface area contributed by atoms with Crippen LogP contribution in [0.5, 0.6) is 11.5 Å². The minimum atomic E-state index is -0.556. The number of hydrogen-bond donors (Lipinski definition) is 1. The molecule has 0 radical (unpaired) electrons. The van der Waals surface area contributed by atoms with Crippen LogP contribution in [0.3, 0.4) is 0 Å². The lowest BCUT2D eigenvalue weighted by Crippen LogP contribution is -2.13.